The molecule has 6 nitrogen and oxygen atoms in total. The summed E-state index contributed by atoms with van der Waals surface area (Å²) >= 11 is 3.94. The summed E-state index contributed by atoms with van der Waals surface area (Å²) < 4.78 is 4.67. The fourth-order valence-electron chi connectivity index (χ4n) is 4.03. The number of thioether (sulfide) groups is 2. The van der Waals surface area contributed by atoms with Crippen LogP contribution >= 0.6 is 23.5 Å². The van der Waals surface area contributed by atoms with E-state index in [-0.39, 0.29) is 34.8 Å². The number of rotatable bonds is 8. The van der Waals surface area contributed by atoms with Crippen LogP contribution in [0.4, 0.5) is 0 Å². The number of methoxy groups -OCH3 is 1. The quantitative estimate of drug-likeness (QED) is 0.593. The molecule has 0 aromatic heterocycles. The molecule has 1 aliphatic carbocycles. The second-order valence-electron chi connectivity index (χ2n) is 7.70. The summed E-state index contributed by atoms with van der Waals surface area (Å²) in [5, 5.41) is 6.11. The van der Waals surface area contributed by atoms with Gasteiger partial charge in [0.25, 0.3) is 0 Å². The van der Waals surface area contributed by atoms with Crippen molar-refractivity contribution < 1.29 is 19.1 Å². The third-order valence-corrected chi connectivity index (χ3v) is 9.35. The van der Waals surface area contributed by atoms with Crippen molar-refractivity contribution in [1.29, 1.82) is 0 Å². The van der Waals surface area contributed by atoms with Crippen LogP contribution in [0.3, 0.4) is 0 Å². The molecule has 1 spiro atoms. The van der Waals surface area contributed by atoms with Gasteiger partial charge in [-0.05, 0) is 18.4 Å². The van der Waals surface area contributed by atoms with E-state index in [1.807, 2.05) is 53.9 Å². The van der Waals surface area contributed by atoms with Crippen molar-refractivity contribution in [2.45, 2.75) is 61.1 Å². The van der Waals surface area contributed by atoms with Crippen LogP contribution in [-0.4, -0.2) is 52.6 Å². The molecule has 8 heteroatoms. The fraction of sp³-hybridized carbons (Fsp3) is 0.591. The van der Waals surface area contributed by atoms with Gasteiger partial charge in [0.2, 0.25) is 11.8 Å². The molecule has 2 amide bonds. The van der Waals surface area contributed by atoms with Crippen molar-refractivity contribution in [3.8, 4) is 0 Å². The summed E-state index contributed by atoms with van der Waals surface area (Å²) in [5.74, 6) is 1.33. The number of nitrogens with one attached hydrogen (secondary N) is 2. The first kappa shape index (κ1) is 23.0. The standard InChI is InChI=1S/C22H30N2O4S2/c1-28-20(26)11-10-19(25)23-17(15-16-7-3-2-4-8-16)21(27)24-18-9-5-6-12-22(18)29-13-14-30-22/h2-4,7-8,17-18H,5-6,9-15H2,1H3,(H,23,25)(H,24,27)/t17-,18?/m0/s1. The first-order valence-corrected chi connectivity index (χ1v) is 12.5. The summed E-state index contributed by atoms with van der Waals surface area (Å²) in [6.07, 6.45) is 4.82. The van der Waals surface area contributed by atoms with Crippen LogP contribution in [0, 0.1) is 0 Å². The third-order valence-electron chi connectivity index (χ3n) is 5.61. The molecule has 3 rings (SSSR count). The van der Waals surface area contributed by atoms with Crippen LogP contribution in [0.5, 0.6) is 0 Å². The van der Waals surface area contributed by atoms with Crippen LogP contribution in [0.1, 0.15) is 44.1 Å². The van der Waals surface area contributed by atoms with Crippen LogP contribution in [-0.2, 0) is 25.5 Å². The van der Waals surface area contributed by atoms with Crippen molar-refractivity contribution in [3.63, 3.8) is 0 Å². The normalized spacial score (nSPS) is 21.0. The van der Waals surface area contributed by atoms with Gasteiger partial charge in [-0.15, -0.1) is 23.5 Å². The summed E-state index contributed by atoms with van der Waals surface area (Å²) in [7, 11) is 1.30. The predicted octanol–water partition coefficient (Wildman–Crippen LogP) is 2.90. The Hall–Kier alpha value is -1.67. The fourth-order valence-corrected chi connectivity index (χ4v) is 7.55. The first-order valence-electron chi connectivity index (χ1n) is 10.5. The van der Waals surface area contributed by atoms with Gasteiger partial charge in [0.05, 0.1) is 23.7 Å². The van der Waals surface area contributed by atoms with Gasteiger partial charge in [-0.3, -0.25) is 14.4 Å². The third kappa shape index (κ3) is 6.17. The number of carbonyl (C=O) groups is 3. The summed E-state index contributed by atoms with van der Waals surface area (Å²) in [6.45, 7) is 0. The molecule has 0 radical (unpaired) electrons. The van der Waals surface area contributed by atoms with E-state index in [0.717, 1.165) is 36.3 Å². The molecule has 1 unspecified atom stereocenters. The molecule has 1 heterocycles. The number of benzene rings is 1. The lowest BCUT2D eigenvalue weighted by molar-refractivity contribution is -0.142. The molecule has 2 fully saturated rings. The van der Waals surface area contributed by atoms with E-state index in [0.29, 0.717) is 6.42 Å². The Morgan fingerprint density at radius 2 is 1.87 bits per heavy atom. The number of hydrogen-bond acceptors (Lipinski definition) is 6. The van der Waals surface area contributed by atoms with Gasteiger partial charge in [0.15, 0.2) is 0 Å². The lowest BCUT2D eigenvalue weighted by atomic mass is 9.93. The first-order chi connectivity index (χ1) is 14.5. The average molecular weight is 451 g/mol. The summed E-state index contributed by atoms with van der Waals surface area (Å²) in [4.78, 5) is 37.0. The average Bonchev–Trinajstić information content (AvgIpc) is 3.23. The van der Waals surface area contributed by atoms with Gasteiger partial charge in [0, 0.05) is 24.3 Å². The second-order valence-corrected chi connectivity index (χ2v) is 10.8. The molecule has 1 aliphatic heterocycles. The molecule has 30 heavy (non-hydrogen) atoms. The maximum Gasteiger partial charge on any atom is 0.306 e. The molecular weight excluding hydrogens is 420 g/mol. The van der Waals surface area contributed by atoms with E-state index in [1.54, 1.807) is 0 Å². The molecule has 2 N–H and O–H groups in total. The van der Waals surface area contributed by atoms with Gasteiger partial charge in [0.1, 0.15) is 6.04 Å². The minimum absolute atomic E-state index is 0.00102. The van der Waals surface area contributed by atoms with Crippen molar-refractivity contribution >= 4 is 41.3 Å². The van der Waals surface area contributed by atoms with Gasteiger partial charge in [-0.25, -0.2) is 0 Å². The highest BCUT2D eigenvalue weighted by Gasteiger charge is 2.45. The number of carbonyl (C=O) groups excluding carboxylic acids is 3. The molecule has 2 atom stereocenters. The van der Waals surface area contributed by atoms with Crippen LogP contribution in [0.25, 0.3) is 0 Å². The number of hydrogen-bond donors (Lipinski definition) is 2. The molecule has 0 bridgehead atoms. The lowest BCUT2D eigenvalue weighted by Gasteiger charge is -2.40. The Morgan fingerprint density at radius 1 is 1.13 bits per heavy atom. The Kier molecular flexibility index (Phi) is 8.50. The van der Waals surface area contributed by atoms with E-state index < -0.39 is 12.0 Å². The summed E-state index contributed by atoms with van der Waals surface area (Å²) in [6, 6.07) is 9.11. The zero-order valence-corrected chi connectivity index (χ0v) is 19.0. The van der Waals surface area contributed by atoms with Gasteiger partial charge in [-0.1, -0.05) is 43.2 Å². The number of ether oxygens (including phenoxy) is 1. The molecule has 1 saturated heterocycles. The number of amides is 2. The summed E-state index contributed by atoms with van der Waals surface area (Å²) in [5.41, 5.74) is 0.980. The van der Waals surface area contributed by atoms with Crippen LogP contribution < -0.4 is 10.6 Å². The second kappa shape index (κ2) is 11.1. The predicted molar refractivity (Wildman–Crippen MR) is 121 cm³/mol. The van der Waals surface area contributed by atoms with Gasteiger partial charge >= 0.3 is 5.97 Å². The Balaban J connectivity index is 1.67. The highest BCUT2D eigenvalue weighted by molar-refractivity contribution is 8.21. The Bertz CT molecular complexity index is 738. The molecule has 164 valence electrons. The van der Waals surface area contributed by atoms with E-state index >= 15 is 0 Å². The molecule has 1 aromatic carbocycles. The van der Waals surface area contributed by atoms with Crippen LogP contribution in [0.2, 0.25) is 0 Å². The van der Waals surface area contributed by atoms with E-state index in [4.69, 9.17) is 0 Å². The minimum Gasteiger partial charge on any atom is -0.469 e. The van der Waals surface area contributed by atoms with Gasteiger partial charge in [-0.2, -0.15) is 0 Å². The number of esters is 1. The zero-order valence-electron chi connectivity index (χ0n) is 17.4. The van der Waals surface area contributed by atoms with Crippen molar-refractivity contribution in [3.05, 3.63) is 35.9 Å². The van der Waals surface area contributed by atoms with E-state index in [9.17, 15) is 14.4 Å². The highest BCUT2D eigenvalue weighted by atomic mass is 32.2. The molecular formula is C22H30N2O4S2. The van der Waals surface area contributed by atoms with E-state index in [2.05, 4.69) is 15.4 Å². The molecule has 1 saturated carbocycles. The minimum atomic E-state index is -0.673. The maximum absolute atomic E-state index is 13.2. The van der Waals surface area contributed by atoms with E-state index in [1.165, 1.54) is 13.5 Å². The lowest BCUT2D eigenvalue weighted by Crippen LogP contribution is -2.56. The maximum atomic E-state index is 13.2. The zero-order chi connectivity index (χ0) is 21.4. The SMILES string of the molecule is COC(=O)CCC(=O)N[C@@H](Cc1ccccc1)C(=O)NC1CCCCC12SCCS2. The Labute approximate surface area is 186 Å². The van der Waals surface area contributed by atoms with Crippen molar-refractivity contribution in [2.75, 3.05) is 18.6 Å². The smallest absolute Gasteiger partial charge is 0.306 e. The van der Waals surface area contributed by atoms with Gasteiger partial charge < -0.3 is 15.4 Å². The largest absolute Gasteiger partial charge is 0.469 e. The Morgan fingerprint density at radius 3 is 2.57 bits per heavy atom. The monoisotopic (exact) mass is 450 g/mol. The highest BCUT2D eigenvalue weighted by Crippen LogP contribution is 2.52. The topological polar surface area (TPSA) is 84.5 Å². The van der Waals surface area contributed by atoms with Crippen molar-refractivity contribution in [2.24, 2.45) is 0 Å². The molecule has 2 aliphatic rings. The molecule has 1 aromatic rings. The van der Waals surface area contributed by atoms with Crippen LogP contribution in [0.15, 0.2) is 30.3 Å². The van der Waals surface area contributed by atoms with Crippen molar-refractivity contribution in [1.82, 2.24) is 10.6 Å².